The van der Waals surface area contributed by atoms with Crippen LogP contribution in [0.2, 0.25) is 0 Å². The van der Waals surface area contributed by atoms with Crippen LogP contribution in [0.5, 0.6) is 5.75 Å². The zero-order valence-corrected chi connectivity index (χ0v) is 18.1. The van der Waals surface area contributed by atoms with Crippen LogP contribution in [0.4, 0.5) is 13.2 Å². The lowest BCUT2D eigenvalue weighted by Gasteiger charge is -2.34. The van der Waals surface area contributed by atoms with E-state index < -0.39 is 12.5 Å². The Morgan fingerprint density at radius 2 is 1.81 bits per heavy atom. The van der Waals surface area contributed by atoms with Crippen LogP contribution in [0.25, 0.3) is 0 Å². The highest BCUT2D eigenvalue weighted by molar-refractivity contribution is 5.51. The van der Waals surface area contributed by atoms with Crippen LogP contribution in [0.3, 0.4) is 0 Å². The lowest BCUT2D eigenvalue weighted by Crippen LogP contribution is -2.34. The number of fused-ring (bicyclic) bond motifs is 1. The number of aliphatic hydroxyl groups excluding tert-OH is 2. The maximum Gasteiger partial charge on any atom is 0.573 e. The second kappa shape index (κ2) is 9.41. The topological polar surface area (TPSA) is 58.9 Å². The van der Waals surface area contributed by atoms with Crippen LogP contribution in [-0.4, -0.2) is 35.4 Å². The number of aliphatic hydroxyl groups is 2. The molecule has 0 spiro atoms. The average molecular weight is 450 g/mol. The van der Waals surface area contributed by atoms with E-state index in [-0.39, 0.29) is 24.6 Å². The minimum Gasteiger partial charge on any atom is -0.406 e. The maximum atomic E-state index is 12.4. The first-order valence-electron chi connectivity index (χ1n) is 11.2. The van der Waals surface area contributed by atoms with E-state index in [1.54, 1.807) is 12.1 Å². The summed E-state index contributed by atoms with van der Waals surface area (Å²) in [5.74, 6) is -0.229. The van der Waals surface area contributed by atoms with Crippen LogP contribution in [0, 0.1) is 0 Å². The van der Waals surface area contributed by atoms with Crippen LogP contribution in [0.1, 0.15) is 65.7 Å². The van der Waals surface area contributed by atoms with Crippen molar-refractivity contribution in [1.82, 2.24) is 0 Å². The molecule has 2 aromatic rings. The molecule has 7 heteroatoms. The normalized spacial score (nSPS) is 23.2. The predicted molar refractivity (Wildman–Crippen MR) is 114 cm³/mol. The van der Waals surface area contributed by atoms with E-state index in [1.807, 2.05) is 0 Å². The van der Waals surface area contributed by atoms with E-state index in [9.17, 15) is 23.4 Å². The highest BCUT2D eigenvalue weighted by Gasteiger charge is 2.33. The van der Waals surface area contributed by atoms with Crippen molar-refractivity contribution < 1.29 is 32.9 Å². The molecule has 0 radical (unpaired) electrons. The Kier molecular flexibility index (Phi) is 6.79. The van der Waals surface area contributed by atoms with Gasteiger partial charge in [0, 0.05) is 12.8 Å². The first-order valence-corrected chi connectivity index (χ1v) is 11.2. The van der Waals surface area contributed by atoms with Gasteiger partial charge >= 0.3 is 6.36 Å². The molecule has 1 heterocycles. The molecule has 1 aliphatic carbocycles. The van der Waals surface area contributed by atoms with Gasteiger partial charge in [0.15, 0.2) is 0 Å². The van der Waals surface area contributed by atoms with Crippen molar-refractivity contribution in [1.29, 1.82) is 0 Å². The summed E-state index contributed by atoms with van der Waals surface area (Å²) in [5, 5.41) is 19.9. The smallest absolute Gasteiger partial charge is 0.406 e. The monoisotopic (exact) mass is 450 g/mol. The number of halogens is 3. The van der Waals surface area contributed by atoms with Gasteiger partial charge in [-0.2, -0.15) is 0 Å². The summed E-state index contributed by atoms with van der Waals surface area (Å²) in [4.78, 5) is 0. The third-order valence-corrected chi connectivity index (χ3v) is 6.48. The van der Waals surface area contributed by atoms with Crippen molar-refractivity contribution >= 4 is 0 Å². The molecule has 0 aromatic heterocycles. The third kappa shape index (κ3) is 5.11. The van der Waals surface area contributed by atoms with Crippen molar-refractivity contribution in [3.63, 3.8) is 0 Å². The average Bonchev–Trinajstić information content (AvgIpc) is 3.23. The van der Waals surface area contributed by atoms with Gasteiger partial charge in [-0.3, -0.25) is 0 Å². The molecule has 4 rings (SSSR count). The van der Waals surface area contributed by atoms with Crippen LogP contribution in [0.15, 0.2) is 30.3 Å². The molecule has 2 aliphatic rings. The van der Waals surface area contributed by atoms with E-state index in [1.165, 1.54) is 28.8 Å². The number of hydrogen-bond acceptors (Lipinski definition) is 4. The van der Waals surface area contributed by atoms with Gasteiger partial charge in [0.25, 0.3) is 0 Å². The number of hydrogen-bond donors (Lipinski definition) is 2. The molecular weight excluding hydrogens is 421 g/mol. The molecule has 2 aromatic carbocycles. The fraction of sp³-hybridized carbons (Fsp3) is 0.520. The molecule has 1 saturated heterocycles. The van der Waals surface area contributed by atoms with Crippen molar-refractivity contribution in [3.8, 4) is 5.75 Å². The van der Waals surface area contributed by atoms with E-state index in [0.717, 1.165) is 42.4 Å². The summed E-state index contributed by atoms with van der Waals surface area (Å²) in [6.45, 7) is 2.00. The summed E-state index contributed by atoms with van der Waals surface area (Å²) in [5.41, 5.74) is 7.07. The summed E-state index contributed by atoms with van der Waals surface area (Å²) in [6, 6.07) is 8.17. The minimum atomic E-state index is -4.70. The first kappa shape index (κ1) is 23.1. The van der Waals surface area contributed by atoms with Gasteiger partial charge < -0.3 is 19.7 Å². The van der Waals surface area contributed by atoms with Gasteiger partial charge in [-0.15, -0.1) is 13.2 Å². The van der Waals surface area contributed by atoms with Crippen molar-refractivity contribution in [3.05, 3.63) is 63.7 Å². The zero-order chi connectivity index (χ0) is 22.9. The zero-order valence-electron chi connectivity index (χ0n) is 18.1. The fourth-order valence-electron chi connectivity index (χ4n) is 5.17. The van der Waals surface area contributed by atoms with Crippen LogP contribution in [-0.2, 0) is 30.4 Å². The second-order valence-corrected chi connectivity index (χ2v) is 8.69. The summed E-state index contributed by atoms with van der Waals surface area (Å²) < 4.78 is 47.4. The van der Waals surface area contributed by atoms with E-state index in [2.05, 4.69) is 17.7 Å². The van der Waals surface area contributed by atoms with Crippen molar-refractivity contribution in [2.45, 2.75) is 76.5 Å². The van der Waals surface area contributed by atoms with Gasteiger partial charge in [-0.1, -0.05) is 25.1 Å². The summed E-state index contributed by atoms with van der Waals surface area (Å²) >= 11 is 0. The van der Waals surface area contributed by atoms with Gasteiger partial charge in [0.2, 0.25) is 0 Å². The van der Waals surface area contributed by atoms with E-state index >= 15 is 0 Å². The summed E-state index contributed by atoms with van der Waals surface area (Å²) in [6.07, 6.45) is -0.445. The van der Waals surface area contributed by atoms with Gasteiger partial charge in [-0.25, -0.2) is 0 Å². The fourth-order valence-corrected chi connectivity index (χ4v) is 5.17. The predicted octanol–water partition coefficient (Wildman–Crippen LogP) is 4.80. The Hall–Kier alpha value is -2.09. The minimum absolute atomic E-state index is 0.126. The number of ether oxygens (including phenoxy) is 2. The second-order valence-electron chi connectivity index (χ2n) is 8.69. The first-order chi connectivity index (χ1) is 15.3. The Morgan fingerprint density at radius 3 is 2.47 bits per heavy atom. The molecule has 0 bridgehead atoms. The molecule has 1 aliphatic heterocycles. The van der Waals surface area contributed by atoms with E-state index in [4.69, 9.17) is 4.74 Å². The number of rotatable bonds is 6. The van der Waals surface area contributed by atoms with Crippen LogP contribution < -0.4 is 4.74 Å². The number of benzene rings is 2. The Labute approximate surface area is 186 Å². The molecule has 3 atom stereocenters. The van der Waals surface area contributed by atoms with Gasteiger partial charge in [0.05, 0.1) is 24.9 Å². The van der Waals surface area contributed by atoms with Gasteiger partial charge in [0.1, 0.15) is 5.75 Å². The van der Waals surface area contributed by atoms with Crippen molar-refractivity contribution in [2.75, 3.05) is 6.61 Å². The molecule has 3 unspecified atom stereocenters. The van der Waals surface area contributed by atoms with E-state index in [0.29, 0.717) is 19.3 Å². The third-order valence-electron chi connectivity index (χ3n) is 6.48. The highest BCUT2D eigenvalue weighted by atomic mass is 19.4. The summed E-state index contributed by atoms with van der Waals surface area (Å²) in [7, 11) is 0. The van der Waals surface area contributed by atoms with Gasteiger partial charge in [-0.05, 0) is 77.6 Å². The van der Waals surface area contributed by atoms with Crippen molar-refractivity contribution in [2.24, 2.45) is 0 Å². The molecule has 0 saturated carbocycles. The Balaban J connectivity index is 1.66. The molecule has 32 heavy (non-hydrogen) atoms. The van der Waals surface area contributed by atoms with Crippen LogP contribution >= 0.6 is 0 Å². The molecule has 1 fully saturated rings. The molecule has 4 nitrogen and oxygen atoms in total. The molecule has 0 amide bonds. The molecular formula is C25H29F3O4. The number of alkyl halides is 3. The molecule has 2 N–H and O–H groups in total. The SMILES string of the molecule is CCc1c(C2CC(O)CC(CO)O2)cc(Cc2ccc(OC(F)(F)F)cc2)c2c1CCC2. The lowest BCUT2D eigenvalue weighted by atomic mass is 9.85. The largest absolute Gasteiger partial charge is 0.573 e. The maximum absolute atomic E-state index is 12.4. The quantitative estimate of drug-likeness (QED) is 0.664. The lowest BCUT2D eigenvalue weighted by molar-refractivity contribution is -0.274. The Bertz CT molecular complexity index is 940. The highest BCUT2D eigenvalue weighted by Crippen LogP contribution is 2.40. The Morgan fingerprint density at radius 1 is 1.09 bits per heavy atom. The standard InChI is InChI=1S/C25H29F3O4/c1-2-20-22-5-3-4-21(22)16(10-15-6-8-18(9-7-15)32-25(26,27)28)11-23(20)24-13-17(30)12-19(14-29)31-24/h6-9,11,17,19,24,29-30H,2-5,10,12-14H2,1H3. The molecule has 174 valence electrons.